The van der Waals surface area contributed by atoms with Crippen molar-refractivity contribution in [1.29, 1.82) is 0 Å². The van der Waals surface area contributed by atoms with Gasteiger partial charge in [-0.3, -0.25) is 9.36 Å². The first-order valence-electron chi connectivity index (χ1n) is 14.3. The molecule has 5 rings (SSSR count). The van der Waals surface area contributed by atoms with Gasteiger partial charge in [-0.2, -0.15) is 0 Å². The standard InChI is InChI=1S/C34H33FN2O7S/c1-6-42-31-24(9-8-10-26(31)40-4)30-29(33(39)43-7-2)20(3)36-34-37(30)32(38)28(45-34)18-22-13-16-25(27(17-22)41-5)44-19-21-11-14-23(35)15-12-21/h8-18,30H,6-7,19H2,1-5H3/b28-18+/t30-/m0/s1. The average molecular weight is 633 g/mol. The van der Waals surface area contributed by atoms with Crippen LogP contribution in [0.25, 0.3) is 6.08 Å². The van der Waals surface area contributed by atoms with E-state index in [1.807, 2.05) is 19.1 Å². The highest BCUT2D eigenvalue weighted by molar-refractivity contribution is 7.07. The van der Waals surface area contributed by atoms with Crippen LogP contribution in [-0.2, 0) is 16.1 Å². The number of aromatic nitrogens is 1. The van der Waals surface area contributed by atoms with Crippen LogP contribution in [0.4, 0.5) is 4.39 Å². The second kappa shape index (κ2) is 13.8. The molecule has 234 valence electrons. The van der Waals surface area contributed by atoms with Crippen molar-refractivity contribution in [3.05, 3.63) is 114 Å². The van der Waals surface area contributed by atoms with Crippen LogP contribution in [-0.4, -0.2) is 38.0 Å². The summed E-state index contributed by atoms with van der Waals surface area (Å²) in [6, 6.07) is 15.9. The van der Waals surface area contributed by atoms with Gasteiger partial charge in [-0.25, -0.2) is 14.2 Å². The van der Waals surface area contributed by atoms with Gasteiger partial charge in [-0.05, 0) is 68.3 Å². The van der Waals surface area contributed by atoms with Gasteiger partial charge in [0.1, 0.15) is 18.5 Å². The summed E-state index contributed by atoms with van der Waals surface area (Å²) in [5, 5.41) is 0. The number of hydrogen-bond donors (Lipinski definition) is 0. The van der Waals surface area contributed by atoms with Crippen LogP contribution in [0.2, 0.25) is 0 Å². The molecule has 4 aromatic rings. The molecule has 0 radical (unpaired) electrons. The molecule has 0 saturated heterocycles. The third kappa shape index (κ3) is 6.48. The summed E-state index contributed by atoms with van der Waals surface area (Å²) in [6.07, 6.45) is 1.74. The molecule has 0 bridgehead atoms. The Balaban J connectivity index is 1.59. The Hall–Kier alpha value is -4.90. The number of halogens is 1. The van der Waals surface area contributed by atoms with Crippen molar-refractivity contribution in [2.45, 2.75) is 33.4 Å². The molecule has 0 unspecified atom stereocenters. The quantitative estimate of drug-likeness (QED) is 0.216. The maximum absolute atomic E-state index is 14.1. The van der Waals surface area contributed by atoms with E-state index in [-0.39, 0.29) is 30.2 Å². The first-order chi connectivity index (χ1) is 21.8. The maximum Gasteiger partial charge on any atom is 0.338 e. The molecule has 0 amide bonds. The van der Waals surface area contributed by atoms with Crippen molar-refractivity contribution < 1.29 is 32.9 Å². The molecule has 11 heteroatoms. The molecule has 1 aliphatic heterocycles. The fourth-order valence-electron chi connectivity index (χ4n) is 5.08. The van der Waals surface area contributed by atoms with E-state index in [0.717, 1.165) is 5.56 Å². The fourth-order valence-corrected chi connectivity index (χ4v) is 6.13. The second-order valence-electron chi connectivity index (χ2n) is 9.94. The lowest BCUT2D eigenvalue weighted by atomic mass is 9.94. The van der Waals surface area contributed by atoms with Crippen LogP contribution in [0.3, 0.4) is 0 Å². The summed E-state index contributed by atoms with van der Waals surface area (Å²) in [7, 11) is 3.06. The lowest BCUT2D eigenvalue weighted by molar-refractivity contribution is -0.139. The minimum atomic E-state index is -0.865. The van der Waals surface area contributed by atoms with Crippen LogP contribution in [0.5, 0.6) is 23.0 Å². The Morgan fingerprint density at radius 3 is 2.42 bits per heavy atom. The highest BCUT2D eigenvalue weighted by Crippen LogP contribution is 2.40. The van der Waals surface area contributed by atoms with Gasteiger partial charge in [0, 0.05) is 5.56 Å². The highest BCUT2D eigenvalue weighted by Gasteiger charge is 2.36. The summed E-state index contributed by atoms with van der Waals surface area (Å²) in [4.78, 5) is 32.5. The molecule has 45 heavy (non-hydrogen) atoms. The number of para-hydroxylation sites is 1. The van der Waals surface area contributed by atoms with Crippen LogP contribution in [0, 0.1) is 5.82 Å². The molecule has 0 spiro atoms. The summed E-state index contributed by atoms with van der Waals surface area (Å²) in [5.74, 6) is 0.987. The Kier molecular flexibility index (Phi) is 9.68. The molecule has 1 aromatic heterocycles. The molecule has 3 aromatic carbocycles. The number of nitrogens with zero attached hydrogens (tertiary/aromatic N) is 2. The van der Waals surface area contributed by atoms with E-state index in [1.165, 1.54) is 42.3 Å². The van der Waals surface area contributed by atoms with Crippen LogP contribution < -0.4 is 33.8 Å². The van der Waals surface area contributed by atoms with E-state index in [4.69, 9.17) is 23.7 Å². The minimum absolute atomic E-state index is 0.161. The van der Waals surface area contributed by atoms with Gasteiger partial charge in [-0.1, -0.05) is 41.7 Å². The summed E-state index contributed by atoms with van der Waals surface area (Å²) in [6.45, 7) is 6.04. The first kappa shape index (κ1) is 31.5. The predicted octanol–water partition coefficient (Wildman–Crippen LogP) is 4.93. The van der Waals surface area contributed by atoms with Crippen LogP contribution >= 0.6 is 11.3 Å². The SMILES string of the molecule is CCOC(=O)C1=C(C)N=c2s/c(=C/c3ccc(OCc4ccc(F)cc4)c(OC)c3)c(=O)n2[C@H]1c1cccc(OC)c1OCC. The monoisotopic (exact) mass is 632 g/mol. The van der Waals surface area contributed by atoms with Crippen molar-refractivity contribution >= 4 is 23.4 Å². The highest BCUT2D eigenvalue weighted by atomic mass is 32.1. The van der Waals surface area contributed by atoms with Gasteiger partial charge in [0.2, 0.25) is 0 Å². The van der Waals surface area contributed by atoms with Crippen LogP contribution in [0.15, 0.2) is 81.7 Å². The van der Waals surface area contributed by atoms with Crippen molar-refractivity contribution in [1.82, 2.24) is 4.57 Å². The van der Waals surface area contributed by atoms with E-state index in [2.05, 4.69) is 4.99 Å². The topological polar surface area (TPSA) is 97.6 Å². The van der Waals surface area contributed by atoms with E-state index >= 15 is 0 Å². The first-order valence-corrected chi connectivity index (χ1v) is 15.2. The zero-order valence-corrected chi connectivity index (χ0v) is 26.4. The minimum Gasteiger partial charge on any atom is -0.493 e. The number of fused-ring (bicyclic) bond motifs is 1. The van der Waals surface area contributed by atoms with Crippen molar-refractivity contribution in [3.8, 4) is 23.0 Å². The summed E-state index contributed by atoms with van der Waals surface area (Å²) in [5.41, 5.74) is 2.43. The number of esters is 1. The molecule has 1 atom stereocenters. The lowest BCUT2D eigenvalue weighted by Gasteiger charge is -2.26. The van der Waals surface area contributed by atoms with Gasteiger partial charge in [0.25, 0.3) is 5.56 Å². The van der Waals surface area contributed by atoms with Crippen molar-refractivity contribution in [2.75, 3.05) is 27.4 Å². The molecule has 2 heterocycles. The number of hydrogen-bond acceptors (Lipinski definition) is 9. The van der Waals surface area contributed by atoms with E-state index in [9.17, 15) is 14.0 Å². The number of ether oxygens (including phenoxy) is 5. The Morgan fingerprint density at radius 2 is 1.73 bits per heavy atom. The molecule has 0 saturated carbocycles. The Morgan fingerprint density at radius 1 is 0.978 bits per heavy atom. The number of benzene rings is 3. The van der Waals surface area contributed by atoms with Crippen molar-refractivity contribution in [2.24, 2.45) is 4.99 Å². The second-order valence-corrected chi connectivity index (χ2v) is 10.9. The number of thiazole rings is 1. The smallest absolute Gasteiger partial charge is 0.338 e. The fraction of sp³-hybridized carbons (Fsp3) is 0.265. The molecule has 0 N–H and O–H groups in total. The maximum atomic E-state index is 14.1. The number of methoxy groups -OCH3 is 2. The third-order valence-corrected chi connectivity index (χ3v) is 8.11. The Bertz CT molecular complexity index is 1930. The molecule has 0 fully saturated rings. The largest absolute Gasteiger partial charge is 0.493 e. The lowest BCUT2D eigenvalue weighted by Crippen LogP contribution is -2.40. The number of carbonyl (C=O) groups is 1. The van der Waals surface area contributed by atoms with Gasteiger partial charge in [-0.15, -0.1) is 0 Å². The predicted molar refractivity (Wildman–Crippen MR) is 168 cm³/mol. The van der Waals surface area contributed by atoms with Crippen LogP contribution in [0.1, 0.15) is 43.5 Å². The molecular weight excluding hydrogens is 599 g/mol. The van der Waals surface area contributed by atoms with E-state index in [0.29, 0.717) is 55.8 Å². The van der Waals surface area contributed by atoms with E-state index < -0.39 is 12.0 Å². The molecule has 0 aliphatic carbocycles. The Labute approximate surface area is 263 Å². The average Bonchev–Trinajstić information content (AvgIpc) is 3.34. The zero-order valence-electron chi connectivity index (χ0n) is 25.6. The van der Waals surface area contributed by atoms with Gasteiger partial charge < -0.3 is 23.7 Å². The number of carbonyl (C=O) groups excluding carboxylic acids is 1. The van der Waals surface area contributed by atoms with Gasteiger partial charge in [0.05, 0.1) is 43.2 Å². The molecule has 9 nitrogen and oxygen atoms in total. The number of rotatable bonds is 11. The molecular formula is C34H33FN2O7S. The molecule has 1 aliphatic rings. The summed E-state index contributed by atoms with van der Waals surface area (Å²) >= 11 is 1.21. The normalized spacial score (nSPS) is 14.4. The summed E-state index contributed by atoms with van der Waals surface area (Å²) < 4.78 is 43.6. The number of allylic oxidation sites excluding steroid dienone is 1. The third-order valence-electron chi connectivity index (χ3n) is 7.12. The van der Waals surface area contributed by atoms with Crippen molar-refractivity contribution in [3.63, 3.8) is 0 Å². The van der Waals surface area contributed by atoms with Gasteiger partial charge in [0.15, 0.2) is 27.8 Å². The zero-order chi connectivity index (χ0) is 32.1. The van der Waals surface area contributed by atoms with Gasteiger partial charge >= 0.3 is 5.97 Å². The van der Waals surface area contributed by atoms with E-state index in [1.54, 1.807) is 56.3 Å².